The van der Waals surface area contributed by atoms with Crippen molar-refractivity contribution in [1.82, 2.24) is 0 Å². The molecule has 0 nitrogen and oxygen atoms in total. The van der Waals surface area contributed by atoms with Gasteiger partial charge in [0.05, 0.1) is 0 Å². The van der Waals surface area contributed by atoms with E-state index in [-0.39, 0.29) is 85.1 Å². The van der Waals surface area contributed by atoms with Crippen LogP contribution in [-0.4, -0.2) is 19.5 Å². The van der Waals surface area contributed by atoms with Crippen molar-refractivity contribution >= 4 is 7.92 Å². The minimum Gasteiger partial charge on any atom is -1.00 e. The number of hydrogen-bond donors (Lipinski definition) is 0. The van der Waals surface area contributed by atoms with E-state index in [1.165, 1.54) is 6.16 Å². The maximum atomic E-state index is 2.99. The second-order valence-electron chi connectivity index (χ2n) is 4.84. The monoisotopic (exact) mass is 537 g/mol. The quantitative estimate of drug-likeness (QED) is 0.244. The van der Waals surface area contributed by atoms with Crippen LogP contribution in [0, 0.1) is 17.9 Å². The Balaban J connectivity index is -0.0000000552. The normalized spacial score (nSPS) is 11.2. The van der Waals surface area contributed by atoms with Crippen LogP contribution in [0.5, 0.6) is 0 Å². The summed E-state index contributed by atoms with van der Waals surface area (Å²) in [6.45, 7) is 11.4. The molecule has 0 saturated carbocycles. The predicted molar refractivity (Wildman–Crippen MR) is 69.0 cm³/mol. The summed E-state index contributed by atoms with van der Waals surface area (Å²) in [5.74, 6) is 0. The number of rotatable bonds is 2. The topological polar surface area (TPSA) is 0 Å². The molecule has 18 heavy (non-hydrogen) atoms. The van der Waals surface area contributed by atoms with Crippen molar-refractivity contribution < 1.29 is 77.1 Å². The average Bonchev–Trinajstić information content (AvgIpc) is 2.56. The zero-order valence-electron chi connectivity index (χ0n) is 11.8. The molecule has 1 aliphatic rings. The summed E-state index contributed by atoms with van der Waals surface area (Å²) < 4.78 is 0. The molecular weight excluding hydrogens is 518 g/mol. The Kier molecular flexibility index (Phi) is 34.5. The molecule has 0 unspecified atom stereocenters. The maximum absolute atomic E-state index is 2.99. The SMILES string of the molecule is CP(C)C[CH-]C(C)(C)C.[Br-].[Br-].[Br-].[C-]1=CC=CC1.[Zr+3]. The molecule has 0 atom stereocenters. The first-order valence-electron chi connectivity index (χ1n) is 5.12. The molecule has 0 spiro atoms. The van der Waals surface area contributed by atoms with Gasteiger partial charge in [-0.2, -0.15) is 17.7 Å². The number of hydrogen-bond acceptors (Lipinski definition) is 0. The van der Waals surface area contributed by atoms with E-state index >= 15 is 0 Å². The maximum Gasteiger partial charge on any atom is 3.00 e. The molecule has 0 aromatic rings. The van der Waals surface area contributed by atoms with Crippen LogP contribution in [0.3, 0.4) is 0 Å². The largest absolute Gasteiger partial charge is 3.00 e. The van der Waals surface area contributed by atoms with Gasteiger partial charge in [0.2, 0.25) is 0 Å². The van der Waals surface area contributed by atoms with E-state index in [1.54, 1.807) is 0 Å². The Labute approximate surface area is 166 Å². The average molecular weight is 541 g/mol. The van der Waals surface area contributed by atoms with Crippen molar-refractivity contribution in [2.45, 2.75) is 27.2 Å². The van der Waals surface area contributed by atoms with E-state index in [1.807, 2.05) is 12.2 Å². The molecule has 0 heterocycles. The molecule has 1 aliphatic carbocycles. The van der Waals surface area contributed by atoms with Crippen LogP contribution < -0.4 is 50.9 Å². The Morgan fingerprint density at radius 2 is 1.67 bits per heavy atom. The van der Waals surface area contributed by atoms with Crippen molar-refractivity contribution in [1.29, 1.82) is 0 Å². The molecule has 1 rings (SSSR count). The third kappa shape index (κ3) is 30.9. The Morgan fingerprint density at radius 3 is 1.78 bits per heavy atom. The minimum atomic E-state index is 0. The van der Waals surface area contributed by atoms with E-state index in [9.17, 15) is 0 Å². The summed E-state index contributed by atoms with van der Waals surface area (Å²) in [5, 5.41) is 0. The van der Waals surface area contributed by atoms with Crippen molar-refractivity contribution in [2.24, 2.45) is 5.41 Å². The van der Waals surface area contributed by atoms with Crippen molar-refractivity contribution in [3.63, 3.8) is 0 Å². The van der Waals surface area contributed by atoms with Crippen LogP contribution in [0.1, 0.15) is 27.2 Å². The van der Waals surface area contributed by atoms with E-state index in [2.05, 4.69) is 52.7 Å². The van der Waals surface area contributed by atoms with Gasteiger partial charge < -0.3 is 57.4 Å². The van der Waals surface area contributed by atoms with Crippen molar-refractivity contribution in [3.8, 4) is 0 Å². The minimum absolute atomic E-state index is 0. The van der Waals surface area contributed by atoms with Gasteiger partial charge in [0, 0.05) is 0 Å². The molecule has 0 saturated heterocycles. The first-order valence-corrected chi connectivity index (χ1v) is 7.55. The smallest absolute Gasteiger partial charge is 1.00 e. The Morgan fingerprint density at radius 1 is 1.17 bits per heavy atom. The van der Waals surface area contributed by atoms with E-state index in [4.69, 9.17) is 0 Å². The third-order valence-electron chi connectivity index (χ3n) is 1.65. The Hall–Kier alpha value is 2.23. The van der Waals surface area contributed by atoms with Gasteiger partial charge in [-0.25, -0.2) is 12.2 Å². The summed E-state index contributed by atoms with van der Waals surface area (Å²) in [4.78, 5) is 0. The fourth-order valence-electron chi connectivity index (χ4n) is 0.797. The van der Waals surface area contributed by atoms with Gasteiger partial charge in [-0.1, -0.05) is 20.8 Å². The molecule has 0 aliphatic heterocycles. The summed E-state index contributed by atoms with van der Waals surface area (Å²) >= 11 is 0. The molecule has 0 amide bonds. The summed E-state index contributed by atoms with van der Waals surface area (Å²) in [6.07, 6.45) is 13.7. The fourth-order valence-corrected chi connectivity index (χ4v) is 1.71. The summed E-state index contributed by atoms with van der Waals surface area (Å²) in [5.41, 5.74) is 0.423. The molecule has 0 bridgehead atoms. The van der Waals surface area contributed by atoms with Gasteiger partial charge in [-0.3, -0.25) is 6.08 Å². The van der Waals surface area contributed by atoms with E-state index in [0.717, 1.165) is 6.42 Å². The zero-order valence-corrected chi connectivity index (χ0v) is 19.9. The molecule has 1 radical (unpaired) electrons. The second-order valence-corrected chi connectivity index (χ2v) is 7.36. The van der Waals surface area contributed by atoms with Crippen LogP contribution in [0.15, 0.2) is 18.2 Å². The number of allylic oxidation sites excluding steroid dienone is 4. The van der Waals surface area contributed by atoms with Gasteiger partial charge in [0.25, 0.3) is 0 Å². The number of halogens is 3. The summed E-state index contributed by atoms with van der Waals surface area (Å²) in [6, 6.07) is 0. The van der Waals surface area contributed by atoms with E-state index in [0.29, 0.717) is 5.41 Å². The zero-order chi connectivity index (χ0) is 11.0. The van der Waals surface area contributed by atoms with Crippen LogP contribution in [-0.2, 0) is 26.2 Å². The second kappa shape index (κ2) is 19.2. The first-order chi connectivity index (χ1) is 6.42. The molecule has 0 aromatic heterocycles. The van der Waals surface area contributed by atoms with Crippen LogP contribution >= 0.6 is 7.92 Å². The van der Waals surface area contributed by atoms with Crippen molar-refractivity contribution in [2.75, 3.05) is 19.5 Å². The predicted octanol–water partition coefficient (Wildman–Crippen LogP) is -4.71. The molecular formula is C13H23Br3PZr-2. The van der Waals surface area contributed by atoms with Gasteiger partial charge in [0.1, 0.15) is 0 Å². The van der Waals surface area contributed by atoms with Gasteiger partial charge in [-0.15, -0.1) is 14.3 Å². The molecule has 0 aromatic carbocycles. The van der Waals surface area contributed by atoms with Crippen LogP contribution in [0.4, 0.5) is 0 Å². The first kappa shape index (κ1) is 32.3. The van der Waals surface area contributed by atoms with Gasteiger partial charge in [0.15, 0.2) is 0 Å². The molecule has 5 heteroatoms. The standard InChI is InChI=1S/C8H18P.C5H5.3BrH.Zr/c1-8(2,3)6-7-9(4)5;1-2-4-5-3-1;;;;/h6H,7H2,1-5H3;1-3H,4H2;3*1H;/q2*-1;;;;+3/p-3. The molecule has 0 fully saturated rings. The van der Waals surface area contributed by atoms with Crippen LogP contribution in [0.25, 0.3) is 0 Å². The fraction of sp³-hybridized carbons (Fsp3) is 0.615. The summed E-state index contributed by atoms with van der Waals surface area (Å²) in [7, 11) is 0.280. The van der Waals surface area contributed by atoms with Gasteiger partial charge in [-0.05, 0) is 13.3 Å². The molecule has 0 N–H and O–H groups in total. The van der Waals surface area contributed by atoms with E-state index < -0.39 is 0 Å². The van der Waals surface area contributed by atoms with Crippen molar-refractivity contribution in [3.05, 3.63) is 30.7 Å². The third-order valence-corrected chi connectivity index (χ3v) is 2.57. The molecule has 107 valence electrons. The van der Waals surface area contributed by atoms with Gasteiger partial charge >= 0.3 is 26.2 Å². The van der Waals surface area contributed by atoms with Crippen LogP contribution in [0.2, 0.25) is 0 Å². The Bertz CT molecular complexity index is 189.